The number of hydrogen-bond acceptors (Lipinski definition) is 3. The predicted octanol–water partition coefficient (Wildman–Crippen LogP) is 0.504. The van der Waals surface area contributed by atoms with E-state index in [9.17, 15) is 4.79 Å². The standard InChI is InChI=1S/C8H13N3OS/c1-10(2)4-6-5-11(3)8(13)9-7(6)12/h5H,4H2,1-3H3,(H,9,12,13). The molecule has 0 aliphatic rings. The van der Waals surface area contributed by atoms with Crippen molar-refractivity contribution in [2.75, 3.05) is 14.1 Å². The van der Waals surface area contributed by atoms with Crippen molar-refractivity contribution in [1.82, 2.24) is 14.5 Å². The van der Waals surface area contributed by atoms with Crippen molar-refractivity contribution in [1.29, 1.82) is 0 Å². The van der Waals surface area contributed by atoms with E-state index in [1.807, 2.05) is 26.0 Å². The molecule has 0 spiro atoms. The van der Waals surface area contributed by atoms with E-state index in [2.05, 4.69) is 4.98 Å². The average Bonchev–Trinajstić information content (AvgIpc) is 1.99. The van der Waals surface area contributed by atoms with Crippen LogP contribution in [0.2, 0.25) is 0 Å². The molecule has 0 radical (unpaired) electrons. The van der Waals surface area contributed by atoms with E-state index in [0.717, 1.165) is 5.56 Å². The van der Waals surface area contributed by atoms with Gasteiger partial charge < -0.3 is 9.47 Å². The fraction of sp³-hybridized carbons (Fsp3) is 0.500. The van der Waals surface area contributed by atoms with Crippen LogP contribution in [0.4, 0.5) is 0 Å². The number of nitrogens with one attached hydrogen (secondary N) is 1. The number of hydrogen-bond donors (Lipinski definition) is 1. The van der Waals surface area contributed by atoms with Gasteiger partial charge in [0.15, 0.2) is 4.77 Å². The van der Waals surface area contributed by atoms with Crippen LogP contribution < -0.4 is 5.56 Å². The number of nitrogens with zero attached hydrogens (tertiary/aromatic N) is 2. The second-order valence-electron chi connectivity index (χ2n) is 3.26. The molecule has 0 atom stereocenters. The molecule has 0 aliphatic carbocycles. The number of rotatable bonds is 2. The molecule has 1 heterocycles. The Balaban J connectivity index is 3.17. The molecule has 0 bridgehead atoms. The second kappa shape index (κ2) is 3.85. The van der Waals surface area contributed by atoms with Gasteiger partial charge >= 0.3 is 0 Å². The van der Waals surface area contributed by atoms with Gasteiger partial charge in [-0.2, -0.15) is 0 Å². The summed E-state index contributed by atoms with van der Waals surface area (Å²) in [6, 6.07) is 0. The molecule has 0 saturated carbocycles. The molecule has 0 amide bonds. The van der Waals surface area contributed by atoms with Crippen LogP contribution in [0, 0.1) is 4.77 Å². The minimum absolute atomic E-state index is 0.100. The van der Waals surface area contributed by atoms with Gasteiger partial charge in [0, 0.05) is 25.4 Å². The van der Waals surface area contributed by atoms with E-state index < -0.39 is 0 Å². The molecular weight excluding hydrogens is 186 g/mol. The van der Waals surface area contributed by atoms with E-state index in [0.29, 0.717) is 11.3 Å². The molecule has 0 aliphatic heterocycles. The summed E-state index contributed by atoms with van der Waals surface area (Å²) in [5.41, 5.74) is 0.623. The van der Waals surface area contributed by atoms with Crippen LogP contribution in [0.3, 0.4) is 0 Å². The SMILES string of the molecule is CN(C)Cc1cn(C)c(=S)[nH]c1=O. The van der Waals surface area contributed by atoms with Crippen molar-refractivity contribution in [3.8, 4) is 0 Å². The molecule has 1 N–H and O–H groups in total. The van der Waals surface area contributed by atoms with Gasteiger partial charge in [0.05, 0.1) is 0 Å². The van der Waals surface area contributed by atoms with Crippen LogP contribution in [-0.2, 0) is 13.6 Å². The number of aromatic amines is 1. The van der Waals surface area contributed by atoms with Crippen LogP contribution in [-0.4, -0.2) is 28.5 Å². The van der Waals surface area contributed by atoms with Crippen molar-refractivity contribution in [3.05, 3.63) is 26.9 Å². The Morgan fingerprint density at radius 1 is 1.62 bits per heavy atom. The molecule has 0 fully saturated rings. The molecular formula is C8H13N3OS. The van der Waals surface area contributed by atoms with Crippen LogP contribution in [0.5, 0.6) is 0 Å². The van der Waals surface area contributed by atoms with Gasteiger partial charge in [-0.15, -0.1) is 0 Å². The third-order valence-corrected chi connectivity index (χ3v) is 2.06. The Morgan fingerprint density at radius 3 is 2.77 bits per heavy atom. The Morgan fingerprint density at radius 2 is 2.23 bits per heavy atom. The number of H-pyrrole nitrogens is 1. The smallest absolute Gasteiger partial charge is 0.256 e. The Kier molecular flexibility index (Phi) is 3.00. The molecule has 1 aromatic rings. The van der Waals surface area contributed by atoms with Crippen LogP contribution in [0.15, 0.2) is 11.0 Å². The Hall–Kier alpha value is -0.940. The summed E-state index contributed by atoms with van der Waals surface area (Å²) >= 11 is 4.91. The van der Waals surface area contributed by atoms with Crippen molar-refractivity contribution in [2.45, 2.75) is 6.54 Å². The average molecular weight is 199 g/mol. The Labute approximate surface area is 81.8 Å². The summed E-state index contributed by atoms with van der Waals surface area (Å²) in [5, 5.41) is 0. The van der Waals surface area contributed by atoms with E-state index in [4.69, 9.17) is 12.2 Å². The zero-order valence-electron chi connectivity index (χ0n) is 8.00. The maximum Gasteiger partial charge on any atom is 0.256 e. The summed E-state index contributed by atoms with van der Waals surface area (Å²) in [5.74, 6) is 0. The summed E-state index contributed by atoms with van der Waals surface area (Å²) < 4.78 is 2.18. The molecule has 0 aromatic carbocycles. The molecule has 0 unspecified atom stereocenters. The second-order valence-corrected chi connectivity index (χ2v) is 3.65. The summed E-state index contributed by atoms with van der Waals surface area (Å²) in [7, 11) is 5.65. The van der Waals surface area contributed by atoms with E-state index >= 15 is 0 Å². The largest absolute Gasteiger partial charge is 0.328 e. The third kappa shape index (κ3) is 2.50. The van der Waals surface area contributed by atoms with Crippen molar-refractivity contribution in [2.24, 2.45) is 7.05 Å². The minimum atomic E-state index is -0.100. The molecule has 1 aromatic heterocycles. The summed E-state index contributed by atoms with van der Waals surface area (Å²) in [6.07, 6.45) is 1.77. The topological polar surface area (TPSA) is 41.0 Å². The first kappa shape index (κ1) is 10.1. The number of aryl methyl sites for hydroxylation is 1. The predicted molar refractivity (Wildman–Crippen MR) is 54.3 cm³/mol. The third-order valence-electron chi connectivity index (χ3n) is 1.67. The lowest BCUT2D eigenvalue weighted by atomic mass is 10.3. The zero-order valence-corrected chi connectivity index (χ0v) is 8.81. The van der Waals surface area contributed by atoms with E-state index in [1.54, 1.807) is 10.8 Å². The monoisotopic (exact) mass is 199 g/mol. The van der Waals surface area contributed by atoms with Crippen molar-refractivity contribution >= 4 is 12.2 Å². The molecule has 0 saturated heterocycles. The lowest BCUT2D eigenvalue weighted by Crippen LogP contribution is -2.22. The van der Waals surface area contributed by atoms with Gasteiger partial charge in [0.1, 0.15) is 0 Å². The van der Waals surface area contributed by atoms with Gasteiger partial charge in [-0.3, -0.25) is 9.78 Å². The van der Waals surface area contributed by atoms with E-state index in [-0.39, 0.29) is 5.56 Å². The maximum atomic E-state index is 11.4. The first-order valence-corrected chi connectivity index (χ1v) is 4.35. The van der Waals surface area contributed by atoms with E-state index in [1.165, 1.54) is 0 Å². The Bertz CT molecular complexity index is 405. The molecule has 72 valence electrons. The molecule has 1 rings (SSSR count). The van der Waals surface area contributed by atoms with Gasteiger partial charge in [-0.1, -0.05) is 0 Å². The first-order valence-electron chi connectivity index (χ1n) is 3.94. The van der Waals surface area contributed by atoms with Gasteiger partial charge in [-0.25, -0.2) is 0 Å². The van der Waals surface area contributed by atoms with Gasteiger partial charge in [0.25, 0.3) is 5.56 Å². The fourth-order valence-electron chi connectivity index (χ4n) is 1.07. The van der Waals surface area contributed by atoms with Gasteiger partial charge in [-0.05, 0) is 26.3 Å². The molecule has 5 heteroatoms. The molecule has 4 nitrogen and oxygen atoms in total. The highest BCUT2D eigenvalue weighted by atomic mass is 32.1. The quantitative estimate of drug-likeness (QED) is 0.705. The molecule has 13 heavy (non-hydrogen) atoms. The lowest BCUT2D eigenvalue weighted by Gasteiger charge is -2.09. The number of aromatic nitrogens is 2. The lowest BCUT2D eigenvalue weighted by molar-refractivity contribution is 0.398. The minimum Gasteiger partial charge on any atom is -0.328 e. The van der Waals surface area contributed by atoms with Crippen molar-refractivity contribution < 1.29 is 0 Å². The highest BCUT2D eigenvalue weighted by Gasteiger charge is 2.01. The first-order chi connectivity index (χ1) is 6.00. The van der Waals surface area contributed by atoms with Crippen molar-refractivity contribution in [3.63, 3.8) is 0 Å². The van der Waals surface area contributed by atoms with Crippen LogP contribution in [0.1, 0.15) is 5.56 Å². The highest BCUT2D eigenvalue weighted by Crippen LogP contribution is 1.93. The normalized spacial score (nSPS) is 10.8. The van der Waals surface area contributed by atoms with Crippen LogP contribution >= 0.6 is 12.2 Å². The van der Waals surface area contributed by atoms with Gasteiger partial charge in [0.2, 0.25) is 0 Å². The summed E-state index contributed by atoms with van der Waals surface area (Å²) in [6.45, 7) is 0.624. The zero-order chi connectivity index (χ0) is 10.0. The van der Waals surface area contributed by atoms with Crippen LogP contribution in [0.25, 0.3) is 0 Å². The maximum absolute atomic E-state index is 11.4. The summed E-state index contributed by atoms with van der Waals surface area (Å²) in [4.78, 5) is 15.9. The highest BCUT2D eigenvalue weighted by molar-refractivity contribution is 7.71. The fourth-order valence-corrected chi connectivity index (χ4v) is 1.22.